The van der Waals surface area contributed by atoms with Gasteiger partial charge < -0.3 is 4.57 Å². The first-order chi connectivity index (χ1) is 6.68. The number of aryl methyl sites for hydroxylation is 1. The Morgan fingerprint density at radius 3 is 2.47 bits per heavy atom. The Kier molecular flexibility index (Phi) is 3.45. The molecule has 0 atom stereocenters. The monoisotopic (exact) mass is 250 g/mol. The number of aromatic nitrogens is 2. The van der Waals surface area contributed by atoms with Crippen molar-refractivity contribution < 1.29 is 8.42 Å². The zero-order valence-electron chi connectivity index (χ0n) is 9.07. The molecule has 0 amide bonds. The second kappa shape index (κ2) is 4.14. The van der Waals surface area contributed by atoms with E-state index in [2.05, 4.69) is 25.8 Å². The molecule has 86 valence electrons. The summed E-state index contributed by atoms with van der Waals surface area (Å²) in [6, 6.07) is 0. The van der Waals surface area contributed by atoms with Crippen molar-refractivity contribution >= 4 is 19.7 Å². The van der Waals surface area contributed by atoms with Crippen LogP contribution in [0.3, 0.4) is 0 Å². The molecule has 1 aromatic rings. The van der Waals surface area contributed by atoms with Crippen LogP contribution in [0.2, 0.25) is 0 Å². The highest BCUT2D eigenvalue weighted by Crippen LogP contribution is 2.20. The van der Waals surface area contributed by atoms with Crippen molar-refractivity contribution in [2.75, 3.05) is 0 Å². The van der Waals surface area contributed by atoms with Crippen molar-refractivity contribution in [2.24, 2.45) is 5.41 Å². The van der Waals surface area contributed by atoms with Crippen LogP contribution in [0.1, 0.15) is 27.2 Å². The lowest BCUT2D eigenvalue weighted by Gasteiger charge is -2.17. The van der Waals surface area contributed by atoms with Crippen molar-refractivity contribution in [3.8, 4) is 0 Å². The number of hydrogen-bond donors (Lipinski definition) is 0. The van der Waals surface area contributed by atoms with Crippen LogP contribution in [-0.2, 0) is 15.6 Å². The van der Waals surface area contributed by atoms with Crippen LogP contribution in [0.4, 0.5) is 0 Å². The molecule has 0 spiro atoms. The summed E-state index contributed by atoms with van der Waals surface area (Å²) >= 11 is 0. The standard InChI is InChI=1S/C9H15ClN2O2S/c1-9(2,3)4-5-12-6-8(11-7-12)15(10,13)14/h6-7H,4-5H2,1-3H3. The van der Waals surface area contributed by atoms with Gasteiger partial charge in [0.25, 0.3) is 9.05 Å². The van der Waals surface area contributed by atoms with Gasteiger partial charge in [-0.1, -0.05) is 20.8 Å². The Hall–Kier alpha value is -0.550. The number of imidazole rings is 1. The second-order valence-corrected chi connectivity index (χ2v) is 7.21. The van der Waals surface area contributed by atoms with Gasteiger partial charge in [0, 0.05) is 23.4 Å². The molecule has 0 saturated carbocycles. The first-order valence-corrected chi connectivity index (χ1v) is 6.96. The summed E-state index contributed by atoms with van der Waals surface area (Å²) in [5.41, 5.74) is 0.213. The smallest absolute Gasteiger partial charge is 0.280 e. The summed E-state index contributed by atoms with van der Waals surface area (Å²) < 4.78 is 23.6. The Bertz CT molecular complexity index is 431. The van der Waals surface area contributed by atoms with E-state index in [4.69, 9.17) is 10.7 Å². The molecule has 0 saturated heterocycles. The number of hydrogen-bond acceptors (Lipinski definition) is 3. The van der Waals surface area contributed by atoms with E-state index in [0.717, 1.165) is 13.0 Å². The van der Waals surface area contributed by atoms with Crippen LogP contribution in [-0.4, -0.2) is 18.0 Å². The molecule has 0 radical (unpaired) electrons. The summed E-state index contributed by atoms with van der Waals surface area (Å²) in [5.74, 6) is 0. The van der Waals surface area contributed by atoms with Crippen LogP contribution in [0.15, 0.2) is 17.6 Å². The van der Waals surface area contributed by atoms with Gasteiger partial charge in [0.15, 0.2) is 5.03 Å². The molecule has 15 heavy (non-hydrogen) atoms. The maximum absolute atomic E-state index is 10.9. The Balaban J connectivity index is 2.70. The molecule has 1 heterocycles. The summed E-state index contributed by atoms with van der Waals surface area (Å²) in [6.07, 6.45) is 3.89. The molecule has 0 N–H and O–H groups in total. The van der Waals surface area contributed by atoms with Crippen LogP contribution in [0.5, 0.6) is 0 Å². The fraction of sp³-hybridized carbons (Fsp3) is 0.667. The van der Waals surface area contributed by atoms with Crippen molar-refractivity contribution in [3.05, 3.63) is 12.5 Å². The minimum Gasteiger partial charge on any atom is -0.336 e. The lowest BCUT2D eigenvalue weighted by Crippen LogP contribution is -2.09. The quantitative estimate of drug-likeness (QED) is 0.773. The molecule has 4 nitrogen and oxygen atoms in total. The SMILES string of the molecule is CC(C)(C)CCn1cnc(S(=O)(=O)Cl)c1. The Morgan fingerprint density at radius 1 is 1.47 bits per heavy atom. The van der Waals surface area contributed by atoms with Gasteiger partial charge in [0.1, 0.15) is 0 Å². The summed E-state index contributed by atoms with van der Waals surface area (Å²) in [7, 11) is 1.46. The van der Waals surface area contributed by atoms with Gasteiger partial charge in [-0.25, -0.2) is 13.4 Å². The van der Waals surface area contributed by atoms with Crippen LogP contribution >= 0.6 is 10.7 Å². The van der Waals surface area contributed by atoms with Gasteiger partial charge in [-0.3, -0.25) is 0 Å². The van der Waals surface area contributed by atoms with Gasteiger partial charge in [-0.05, 0) is 11.8 Å². The maximum Gasteiger partial charge on any atom is 0.280 e. The minimum absolute atomic E-state index is 0.0851. The first kappa shape index (κ1) is 12.5. The predicted molar refractivity (Wildman–Crippen MR) is 59.3 cm³/mol. The van der Waals surface area contributed by atoms with Crippen LogP contribution < -0.4 is 0 Å². The molecular weight excluding hydrogens is 236 g/mol. The Labute approximate surface area is 94.7 Å². The minimum atomic E-state index is -3.70. The van der Waals surface area contributed by atoms with Gasteiger partial charge in [-0.2, -0.15) is 0 Å². The predicted octanol–water partition coefficient (Wildman–Crippen LogP) is 2.25. The second-order valence-electron chi connectivity index (χ2n) is 4.70. The molecule has 6 heteroatoms. The number of halogens is 1. The van der Waals surface area contributed by atoms with E-state index in [-0.39, 0.29) is 10.4 Å². The van der Waals surface area contributed by atoms with E-state index >= 15 is 0 Å². The lowest BCUT2D eigenvalue weighted by molar-refractivity contribution is 0.350. The van der Waals surface area contributed by atoms with E-state index in [9.17, 15) is 8.42 Å². The molecule has 0 bridgehead atoms. The third kappa shape index (κ3) is 4.22. The van der Waals surface area contributed by atoms with Crippen molar-refractivity contribution in [2.45, 2.75) is 38.8 Å². The number of rotatable bonds is 3. The third-order valence-electron chi connectivity index (χ3n) is 1.98. The van der Waals surface area contributed by atoms with E-state index in [1.54, 1.807) is 4.57 Å². The average molecular weight is 251 g/mol. The van der Waals surface area contributed by atoms with Gasteiger partial charge in [0.2, 0.25) is 0 Å². The summed E-state index contributed by atoms with van der Waals surface area (Å²) in [5, 5.41) is -0.0851. The highest BCUT2D eigenvalue weighted by atomic mass is 35.7. The van der Waals surface area contributed by atoms with Crippen LogP contribution in [0, 0.1) is 5.41 Å². The molecular formula is C9H15ClN2O2S. The molecule has 1 rings (SSSR count). The fourth-order valence-electron chi connectivity index (χ4n) is 1.05. The van der Waals surface area contributed by atoms with E-state index in [0.29, 0.717) is 0 Å². The molecule has 0 aromatic carbocycles. The van der Waals surface area contributed by atoms with Gasteiger partial charge in [-0.15, -0.1) is 0 Å². The maximum atomic E-state index is 10.9. The summed E-state index contributed by atoms with van der Waals surface area (Å²) in [4.78, 5) is 3.73. The molecule has 0 aliphatic heterocycles. The normalized spacial score (nSPS) is 13.1. The van der Waals surface area contributed by atoms with Gasteiger partial charge >= 0.3 is 0 Å². The van der Waals surface area contributed by atoms with Crippen molar-refractivity contribution in [1.82, 2.24) is 9.55 Å². The average Bonchev–Trinajstić information content (AvgIpc) is 2.45. The zero-order valence-corrected chi connectivity index (χ0v) is 10.6. The third-order valence-corrected chi connectivity index (χ3v) is 3.16. The molecule has 0 aliphatic rings. The van der Waals surface area contributed by atoms with E-state index < -0.39 is 9.05 Å². The highest BCUT2D eigenvalue weighted by Gasteiger charge is 2.14. The van der Waals surface area contributed by atoms with E-state index in [1.165, 1.54) is 12.5 Å². The lowest BCUT2D eigenvalue weighted by atomic mass is 9.92. The van der Waals surface area contributed by atoms with Crippen LogP contribution in [0.25, 0.3) is 0 Å². The van der Waals surface area contributed by atoms with Crippen molar-refractivity contribution in [3.63, 3.8) is 0 Å². The zero-order chi connectivity index (χ0) is 11.7. The molecule has 0 aliphatic carbocycles. The van der Waals surface area contributed by atoms with E-state index in [1.807, 2.05) is 0 Å². The Morgan fingerprint density at radius 2 is 2.07 bits per heavy atom. The molecule has 0 fully saturated rings. The number of nitrogens with zero attached hydrogens (tertiary/aromatic N) is 2. The first-order valence-electron chi connectivity index (χ1n) is 4.65. The van der Waals surface area contributed by atoms with Gasteiger partial charge in [0.05, 0.1) is 6.33 Å². The highest BCUT2D eigenvalue weighted by molar-refractivity contribution is 8.13. The van der Waals surface area contributed by atoms with Crippen molar-refractivity contribution in [1.29, 1.82) is 0 Å². The fourth-order valence-corrected chi connectivity index (χ4v) is 1.73. The largest absolute Gasteiger partial charge is 0.336 e. The summed E-state index contributed by atoms with van der Waals surface area (Å²) in [6.45, 7) is 7.12. The molecule has 0 unspecified atom stereocenters. The topological polar surface area (TPSA) is 52.0 Å². The molecule has 1 aromatic heterocycles.